The van der Waals surface area contributed by atoms with Crippen LogP contribution >= 0.6 is 11.6 Å². The number of nitrogens with zero attached hydrogens (tertiary/aromatic N) is 1. The lowest BCUT2D eigenvalue weighted by atomic mass is 9.90. The van der Waals surface area contributed by atoms with Crippen molar-refractivity contribution in [2.24, 2.45) is 17.8 Å². The number of carbonyl (C=O) groups excluding carboxylic acids is 4. The minimum absolute atomic E-state index is 0.00526. The molecule has 1 aromatic carbocycles. The zero-order valence-corrected chi connectivity index (χ0v) is 23.4. The van der Waals surface area contributed by atoms with Crippen molar-refractivity contribution < 1.29 is 28.7 Å². The fourth-order valence-electron chi connectivity index (χ4n) is 6.74. The first-order chi connectivity index (χ1) is 18.5. The van der Waals surface area contributed by atoms with Crippen molar-refractivity contribution in [2.45, 2.75) is 63.6 Å². The molecule has 0 bridgehead atoms. The Bertz CT molecular complexity index is 1320. The molecule has 3 fully saturated rings. The number of aromatic nitrogens is 1. The molecule has 5 atom stereocenters. The number of benzene rings is 1. The zero-order valence-electron chi connectivity index (χ0n) is 22.6. The fourth-order valence-corrected chi connectivity index (χ4v) is 6.95. The summed E-state index contributed by atoms with van der Waals surface area (Å²) in [7, 11) is 2.80. The molecule has 3 amide bonds. The number of ether oxygens (including phenoxy) is 2. The van der Waals surface area contributed by atoms with Gasteiger partial charge in [-0.3, -0.25) is 14.4 Å². The van der Waals surface area contributed by atoms with Crippen LogP contribution in [-0.2, 0) is 19.1 Å². The van der Waals surface area contributed by atoms with Crippen molar-refractivity contribution in [2.75, 3.05) is 20.8 Å². The molecule has 2 aliphatic heterocycles. The van der Waals surface area contributed by atoms with E-state index < -0.39 is 29.9 Å². The van der Waals surface area contributed by atoms with Gasteiger partial charge in [0.15, 0.2) is 0 Å². The van der Waals surface area contributed by atoms with Gasteiger partial charge in [-0.2, -0.15) is 0 Å². The molecule has 5 rings (SSSR count). The molecule has 0 spiro atoms. The maximum absolute atomic E-state index is 13.8. The molecule has 2 aromatic rings. The summed E-state index contributed by atoms with van der Waals surface area (Å²) in [5.41, 5.74) is 0.606. The number of methoxy groups -OCH3 is 2. The number of rotatable bonds is 7. The van der Waals surface area contributed by atoms with Crippen LogP contribution in [0.15, 0.2) is 18.2 Å². The number of halogens is 1. The smallest absolute Gasteiger partial charge is 0.328 e. The molecule has 2 saturated heterocycles. The lowest BCUT2D eigenvalue weighted by Gasteiger charge is -2.29. The van der Waals surface area contributed by atoms with Gasteiger partial charge in [-0.1, -0.05) is 18.0 Å². The van der Waals surface area contributed by atoms with Crippen LogP contribution < -0.4 is 15.4 Å². The maximum atomic E-state index is 13.8. The van der Waals surface area contributed by atoms with E-state index in [1.54, 1.807) is 23.1 Å². The van der Waals surface area contributed by atoms with E-state index in [9.17, 15) is 19.2 Å². The number of esters is 1. The molecule has 0 unspecified atom stereocenters. The Kier molecular flexibility index (Phi) is 7.26. The molecule has 1 saturated carbocycles. The van der Waals surface area contributed by atoms with Crippen molar-refractivity contribution in [1.82, 2.24) is 20.5 Å². The van der Waals surface area contributed by atoms with Crippen LogP contribution in [0.25, 0.3) is 10.9 Å². The minimum atomic E-state index is -0.996. The van der Waals surface area contributed by atoms with Crippen LogP contribution in [0.1, 0.15) is 56.4 Å². The highest BCUT2D eigenvalue weighted by Gasteiger charge is 2.50. The molecule has 1 aliphatic carbocycles. The van der Waals surface area contributed by atoms with Gasteiger partial charge in [0.1, 0.15) is 23.5 Å². The zero-order chi connectivity index (χ0) is 28.1. The van der Waals surface area contributed by atoms with Gasteiger partial charge in [0.2, 0.25) is 11.8 Å². The van der Waals surface area contributed by atoms with E-state index in [1.165, 1.54) is 14.2 Å². The SMILES string of the molecule is COC(=O)[C@H](C[C@@H]1CC(C)(C)NC1=O)NC(=O)[C@@H]1[C@H]2CCC[C@H]2CN1C(=O)c1cc2c(OC)cc(Cl)cc2[nH]1. The van der Waals surface area contributed by atoms with Crippen molar-refractivity contribution in [3.63, 3.8) is 0 Å². The summed E-state index contributed by atoms with van der Waals surface area (Å²) in [6.07, 6.45) is 3.42. The fraction of sp³-hybridized carbons (Fsp3) is 0.571. The summed E-state index contributed by atoms with van der Waals surface area (Å²) < 4.78 is 10.4. The number of H-pyrrole nitrogens is 1. The van der Waals surface area contributed by atoms with Crippen LogP contribution in [-0.4, -0.2) is 72.0 Å². The third-order valence-electron chi connectivity index (χ3n) is 8.45. The lowest BCUT2D eigenvalue weighted by Crippen LogP contribution is -2.53. The van der Waals surface area contributed by atoms with E-state index in [4.69, 9.17) is 21.1 Å². The molecular weight excluding hydrogens is 524 g/mol. The van der Waals surface area contributed by atoms with E-state index in [0.717, 1.165) is 19.3 Å². The molecule has 1 aromatic heterocycles. The Morgan fingerprint density at radius 1 is 1.21 bits per heavy atom. The topological polar surface area (TPSA) is 130 Å². The minimum Gasteiger partial charge on any atom is -0.496 e. The first-order valence-corrected chi connectivity index (χ1v) is 13.8. The summed E-state index contributed by atoms with van der Waals surface area (Å²) in [4.78, 5) is 57.6. The Labute approximate surface area is 232 Å². The van der Waals surface area contributed by atoms with Crippen LogP contribution in [0.4, 0.5) is 0 Å². The molecule has 0 radical (unpaired) electrons. The third-order valence-corrected chi connectivity index (χ3v) is 8.66. The van der Waals surface area contributed by atoms with Gasteiger partial charge in [0.05, 0.1) is 19.7 Å². The predicted molar refractivity (Wildman–Crippen MR) is 144 cm³/mol. The van der Waals surface area contributed by atoms with Crippen molar-refractivity contribution in [1.29, 1.82) is 0 Å². The standard InChI is InChI=1S/C28H35ClN4O6/c1-28(2)12-15(24(34)32-28)8-21(27(37)39-4)31-25(35)23-17-7-5-6-14(17)13-33(23)26(36)20-11-18-19(30-20)9-16(29)10-22(18)38-3/h9-11,14-15,17,21,23,30H,5-8,12-13H2,1-4H3,(H,31,35)(H,32,34)/t14-,15+,17-,21-,23-/m0/s1. The van der Waals surface area contributed by atoms with E-state index in [2.05, 4.69) is 15.6 Å². The monoisotopic (exact) mass is 558 g/mol. The van der Waals surface area contributed by atoms with E-state index in [-0.39, 0.29) is 35.6 Å². The van der Waals surface area contributed by atoms with Gasteiger partial charge in [-0.15, -0.1) is 0 Å². The highest BCUT2D eigenvalue weighted by molar-refractivity contribution is 6.31. The number of carbonyl (C=O) groups is 4. The van der Waals surface area contributed by atoms with Crippen molar-refractivity contribution in [3.05, 3.63) is 28.9 Å². The molecule has 210 valence electrons. The van der Waals surface area contributed by atoms with E-state index >= 15 is 0 Å². The quantitative estimate of drug-likeness (QED) is 0.448. The highest BCUT2D eigenvalue weighted by atomic mass is 35.5. The van der Waals surface area contributed by atoms with Crippen LogP contribution in [0.3, 0.4) is 0 Å². The lowest BCUT2D eigenvalue weighted by molar-refractivity contribution is -0.146. The van der Waals surface area contributed by atoms with Gasteiger partial charge in [-0.25, -0.2) is 4.79 Å². The third kappa shape index (κ3) is 5.18. The average Bonchev–Trinajstić information content (AvgIpc) is 3.64. The summed E-state index contributed by atoms with van der Waals surface area (Å²) in [6, 6.07) is 3.39. The summed E-state index contributed by atoms with van der Waals surface area (Å²) in [5.74, 6) is -1.15. The average molecular weight is 559 g/mol. The van der Waals surface area contributed by atoms with Gasteiger partial charge in [0.25, 0.3) is 5.91 Å². The highest BCUT2D eigenvalue weighted by Crippen LogP contribution is 2.43. The second-order valence-electron chi connectivity index (χ2n) is 11.6. The molecule has 3 heterocycles. The number of amides is 3. The molecule has 10 nitrogen and oxygen atoms in total. The van der Waals surface area contributed by atoms with Crippen LogP contribution in [0.2, 0.25) is 5.02 Å². The Morgan fingerprint density at radius 2 is 1.97 bits per heavy atom. The normalized spacial score (nSPS) is 26.3. The molecule has 3 N–H and O–H groups in total. The number of nitrogens with one attached hydrogen (secondary N) is 3. The number of hydrogen-bond acceptors (Lipinski definition) is 6. The van der Waals surface area contributed by atoms with E-state index in [0.29, 0.717) is 40.3 Å². The largest absolute Gasteiger partial charge is 0.496 e. The van der Waals surface area contributed by atoms with Crippen LogP contribution in [0.5, 0.6) is 5.75 Å². The molecule has 39 heavy (non-hydrogen) atoms. The van der Waals surface area contributed by atoms with Gasteiger partial charge >= 0.3 is 5.97 Å². The molecular formula is C28H35ClN4O6. The Morgan fingerprint density at radius 3 is 2.64 bits per heavy atom. The number of aromatic amines is 1. The van der Waals surface area contributed by atoms with Crippen molar-refractivity contribution in [3.8, 4) is 5.75 Å². The predicted octanol–water partition coefficient (Wildman–Crippen LogP) is 3.03. The first kappa shape index (κ1) is 27.3. The summed E-state index contributed by atoms with van der Waals surface area (Å²) >= 11 is 6.21. The number of fused-ring (bicyclic) bond motifs is 2. The summed E-state index contributed by atoms with van der Waals surface area (Å²) in [6.45, 7) is 4.30. The maximum Gasteiger partial charge on any atom is 0.328 e. The van der Waals surface area contributed by atoms with Gasteiger partial charge < -0.3 is 30.0 Å². The van der Waals surface area contributed by atoms with Crippen LogP contribution in [0, 0.1) is 17.8 Å². The first-order valence-electron chi connectivity index (χ1n) is 13.4. The Balaban J connectivity index is 1.40. The number of likely N-dealkylation sites (tertiary alicyclic amines) is 1. The second-order valence-corrected chi connectivity index (χ2v) is 12.0. The Hall–Kier alpha value is -3.27. The van der Waals surface area contributed by atoms with Crippen molar-refractivity contribution >= 4 is 46.2 Å². The second kappa shape index (κ2) is 10.4. The van der Waals surface area contributed by atoms with Gasteiger partial charge in [-0.05, 0) is 69.6 Å². The van der Waals surface area contributed by atoms with Gasteiger partial charge in [0, 0.05) is 28.4 Å². The molecule has 11 heteroatoms. The molecule has 3 aliphatic rings. The number of hydrogen-bond donors (Lipinski definition) is 3. The van der Waals surface area contributed by atoms with E-state index in [1.807, 2.05) is 13.8 Å². The summed E-state index contributed by atoms with van der Waals surface area (Å²) in [5, 5.41) is 6.97.